The largest absolute Gasteiger partial charge is 0.481 e. The highest BCUT2D eigenvalue weighted by Crippen LogP contribution is 2.27. The lowest BCUT2D eigenvalue weighted by Crippen LogP contribution is -2.05. The van der Waals surface area contributed by atoms with Gasteiger partial charge in [0.1, 0.15) is 0 Å². The molecule has 1 aromatic heterocycles. The summed E-state index contributed by atoms with van der Waals surface area (Å²) in [4.78, 5) is 7.35. The van der Waals surface area contributed by atoms with Gasteiger partial charge in [-0.25, -0.2) is 4.99 Å². The Morgan fingerprint density at radius 2 is 2.22 bits per heavy atom. The van der Waals surface area contributed by atoms with Crippen LogP contribution in [-0.4, -0.2) is 36.8 Å². The van der Waals surface area contributed by atoms with Gasteiger partial charge >= 0.3 is 6.18 Å². The van der Waals surface area contributed by atoms with Crippen LogP contribution in [-0.2, 0) is 10.9 Å². The van der Waals surface area contributed by atoms with Gasteiger partial charge in [-0.2, -0.15) is 18.3 Å². The van der Waals surface area contributed by atoms with Gasteiger partial charge in [0.2, 0.25) is 5.88 Å². The highest BCUT2D eigenvalue weighted by molar-refractivity contribution is 6.07. The standard InChI is InChI=1S/C10H11F3N4O/c1-14-6(5-9(15-2)18-3)7-4-8(17-16-7)10(11,12)13/h4-5H,2H2,1,3H3,(H,16,17)/b9-5+,14-6+. The van der Waals surface area contributed by atoms with E-state index in [2.05, 4.69) is 26.9 Å². The molecule has 0 aliphatic carbocycles. The topological polar surface area (TPSA) is 62.6 Å². The number of nitrogens with one attached hydrogen (secondary N) is 1. The molecule has 0 bridgehead atoms. The van der Waals surface area contributed by atoms with Gasteiger partial charge < -0.3 is 4.74 Å². The van der Waals surface area contributed by atoms with Crippen molar-refractivity contribution in [2.75, 3.05) is 14.2 Å². The first kappa shape index (κ1) is 13.9. The number of nitrogens with zero attached hydrogens (tertiary/aromatic N) is 3. The molecule has 0 saturated carbocycles. The molecule has 0 fully saturated rings. The Balaban J connectivity index is 3.09. The van der Waals surface area contributed by atoms with Gasteiger partial charge in [-0.1, -0.05) is 0 Å². The average Bonchev–Trinajstić information content (AvgIpc) is 2.80. The van der Waals surface area contributed by atoms with E-state index in [0.717, 1.165) is 6.07 Å². The molecule has 0 radical (unpaired) electrons. The second-order valence-electron chi connectivity index (χ2n) is 3.12. The number of ether oxygens (including phenoxy) is 1. The zero-order chi connectivity index (χ0) is 13.8. The van der Waals surface area contributed by atoms with Crippen molar-refractivity contribution in [2.24, 2.45) is 9.98 Å². The normalized spacial score (nSPS) is 13.6. The third-order valence-electron chi connectivity index (χ3n) is 2.01. The van der Waals surface area contributed by atoms with E-state index in [4.69, 9.17) is 4.74 Å². The Kier molecular flexibility index (Phi) is 4.24. The van der Waals surface area contributed by atoms with Gasteiger partial charge in [0.25, 0.3) is 0 Å². The molecule has 1 rings (SSSR count). The molecule has 0 saturated heterocycles. The van der Waals surface area contributed by atoms with Crippen LogP contribution < -0.4 is 0 Å². The first-order valence-electron chi connectivity index (χ1n) is 4.74. The maximum Gasteiger partial charge on any atom is 0.435 e. The minimum absolute atomic E-state index is 0.114. The van der Waals surface area contributed by atoms with Crippen molar-refractivity contribution in [1.29, 1.82) is 0 Å². The predicted octanol–water partition coefficient (Wildman–Crippen LogP) is 2.04. The van der Waals surface area contributed by atoms with Crippen LogP contribution in [0.5, 0.6) is 0 Å². The van der Waals surface area contributed by atoms with Crippen LogP contribution in [0.4, 0.5) is 13.2 Å². The van der Waals surface area contributed by atoms with Crippen molar-refractivity contribution in [2.45, 2.75) is 6.18 Å². The van der Waals surface area contributed by atoms with E-state index in [9.17, 15) is 13.2 Å². The molecule has 0 unspecified atom stereocenters. The summed E-state index contributed by atoms with van der Waals surface area (Å²) in [5.41, 5.74) is -0.678. The van der Waals surface area contributed by atoms with Crippen molar-refractivity contribution < 1.29 is 17.9 Å². The Morgan fingerprint density at radius 3 is 2.61 bits per heavy atom. The van der Waals surface area contributed by atoms with E-state index in [1.54, 1.807) is 0 Å². The number of aromatic amines is 1. The number of alkyl halides is 3. The number of aromatic nitrogens is 2. The molecule has 1 N–H and O–H groups in total. The maximum atomic E-state index is 12.4. The first-order valence-corrected chi connectivity index (χ1v) is 4.74. The first-order chi connectivity index (χ1) is 8.42. The summed E-state index contributed by atoms with van der Waals surface area (Å²) in [6.45, 7) is 3.25. The molecule has 1 aromatic rings. The number of halogens is 3. The fourth-order valence-electron chi connectivity index (χ4n) is 1.15. The summed E-state index contributed by atoms with van der Waals surface area (Å²) in [5, 5.41) is 5.42. The molecule has 1 heterocycles. The zero-order valence-corrected chi connectivity index (χ0v) is 9.75. The second-order valence-corrected chi connectivity index (χ2v) is 3.12. The van der Waals surface area contributed by atoms with E-state index in [0.29, 0.717) is 0 Å². The third kappa shape index (κ3) is 3.19. The quantitative estimate of drug-likeness (QED) is 0.665. The molecular formula is C10H11F3N4O. The zero-order valence-electron chi connectivity index (χ0n) is 9.75. The van der Waals surface area contributed by atoms with Crippen molar-refractivity contribution in [3.8, 4) is 0 Å². The lowest BCUT2D eigenvalue weighted by Gasteiger charge is -2.00. The van der Waals surface area contributed by atoms with Crippen LogP contribution in [0.2, 0.25) is 0 Å². The number of hydrogen-bond acceptors (Lipinski definition) is 4. The van der Waals surface area contributed by atoms with E-state index in [-0.39, 0.29) is 17.3 Å². The van der Waals surface area contributed by atoms with Gasteiger partial charge in [-0.05, 0) is 12.8 Å². The smallest absolute Gasteiger partial charge is 0.435 e. The van der Waals surface area contributed by atoms with Gasteiger partial charge in [0, 0.05) is 13.1 Å². The summed E-state index contributed by atoms with van der Waals surface area (Å²) in [6.07, 6.45) is -3.15. The number of rotatable bonds is 4. The molecule has 0 aromatic carbocycles. The molecule has 0 aliphatic rings. The van der Waals surface area contributed by atoms with E-state index >= 15 is 0 Å². The summed E-state index contributed by atoms with van der Waals surface area (Å²) >= 11 is 0. The van der Waals surface area contributed by atoms with Crippen molar-refractivity contribution in [3.63, 3.8) is 0 Å². The Labute approximate surface area is 101 Å². The fourth-order valence-corrected chi connectivity index (χ4v) is 1.15. The van der Waals surface area contributed by atoms with Gasteiger partial charge in [-0.3, -0.25) is 10.1 Å². The third-order valence-corrected chi connectivity index (χ3v) is 2.01. The minimum Gasteiger partial charge on any atom is -0.481 e. The average molecular weight is 260 g/mol. The summed E-state index contributed by atoms with van der Waals surface area (Å²) in [5.74, 6) is 0.138. The molecular weight excluding hydrogens is 249 g/mol. The number of methoxy groups -OCH3 is 1. The van der Waals surface area contributed by atoms with E-state index < -0.39 is 11.9 Å². The van der Waals surface area contributed by atoms with Crippen molar-refractivity contribution in [1.82, 2.24) is 10.2 Å². The minimum atomic E-state index is -4.50. The highest BCUT2D eigenvalue weighted by atomic mass is 19.4. The van der Waals surface area contributed by atoms with Crippen LogP contribution in [0, 0.1) is 0 Å². The number of H-pyrrole nitrogens is 1. The summed E-state index contributed by atoms with van der Waals surface area (Å²) in [6, 6.07) is 0.856. The number of aliphatic imine (C=N–C) groups is 2. The Bertz CT molecular complexity index is 488. The van der Waals surface area contributed by atoms with Crippen LogP contribution in [0.15, 0.2) is 28.0 Å². The molecule has 0 amide bonds. The van der Waals surface area contributed by atoms with Crippen LogP contribution in [0.1, 0.15) is 11.4 Å². The van der Waals surface area contributed by atoms with Crippen LogP contribution in [0.25, 0.3) is 0 Å². The molecule has 8 heteroatoms. The molecule has 5 nitrogen and oxygen atoms in total. The summed E-state index contributed by atoms with van der Waals surface area (Å²) < 4.78 is 41.9. The lowest BCUT2D eigenvalue weighted by atomic mass is 10.2. The van der Waals surface area contributed by atoms with Gasteiger partial charge in [0.05, 0.1) is 18.5 Å². The SMILES string of the molecule is C=N/C(=C\C(=N/C)c1cc(C(F)(F)F)n[nH]1)OC. The molecule has 98 valence electrons. The molecule has 0 aliphatic heterocycles. The molecule has 18 heavy (non-hydrogen) atoms. The number of allylic oxidation sites excluding steroid dienone is 1. The highest BCUT2D eigenvalue weighted by Gasteiger charge is 2.34. The van der Waals surface area contributed by atoms with Gasteiger partial charge in [0.15, 0.2) is 5.69 Å². The van der Waals surface area contributed by atoms with Gasteiger partial charge in [-0.15, -0.1) is 0 Å². The monoisotopic (exact) mass is 260 g/mol. The lowest BCUT2D eigenvalue weighted by molar-refractivity contribution is -0.141. The summed E-state index contributed by atoms with van der Waals surface area (Å²) in [7, 11) is 2.79. The molecule has 0 spiro atoms. The molecule has 0 atom stereocenters. The number of hydrogen-bond donors (Lipinski definition) is 1. The maximum absolute atomic E-state index is 12.4. The van der Waals surface area contributed by atoms with E-state index in [1.807, 2.05) is 0 Å². The van der Waals surface area contributed by atoms with E-state index in [1.165, 1.54) is 20.2 Å². The second kappa shape index (κ2) is 5.48. The van der Waals surface area contributed by atoms with Crippen molar-refractivity contribution in [3.05, 3.63) is 29.4 Å². The van der Waals surface area contributed by atoms with Crippen LogP contribution >= 0.6 is 0 Å². The van der Waals surface area contributed by atoms with Crippen LogP contribution in [0.3, 0.4) is 0 Å². The fraction of sp³-hybridized carbons (Fsp3) is 0.300. The Morgan fingerprint density at radius 1 is 1.56 bits per heavy atom. The Hall–Kier alpha value is -2.12. The van der Waals surface area contributed by atoms with Crippen molar-refractivity contribution >= 4 is 12.4 Å². The predicted molar refractivity (Wildman–Crippen MR) is 60.7 cm³/mol.